The number of urea groups is 1. The number of nitrogens with one attached hydrogen (secondary N) is 1. The highest BCUT2D eigenvalue weighted by atomic mass is 16.5. The van der Waals surface area contributed by atoms with Crippen LogP contribution in [-0.4, -0.2) is 41.0 Å². The summed E-state index contributed by atoms with van der Waals surface area (Å²) in [6.07, 6.45) is 5.53. The summed E-state index contributed by atoms with van der Waals surface area (Å²) < 4.78 is 5.69. The number of nitrogens with zero attached hydrogens (tertiary/aromatic N) is 2. The zero-order chi connectivity index (χ0) is 18.4. The molecule has 1 N–H and O–H groups in total. The molecule has 26 heavy (non-hydrogen) atoms. The highest BCUT2D eigenvalue weighted by molar-refractivity contribution is 5.95. The molecule has 1 aromatic carbocycles. The Balaban J connectivity index is 1.69. The Morgan fingerprint density at radius 3 is 2.69 bits per heavy atom. The van der Waals surface area contributed by atoms with Gasteiger partial charge in [-0.15, -0.1) is 0 Å². The molecule has 0 radical (unpaired) electrons. The van der Waals surface area contributed by atoms with Gasteiger partial charge in [0.05, 0.1) is 6.10 Å². The van der Waals surface area contributed by atoms with Gasteiger partial charge in [-0.2, -0.15) is 0 Å². The lowest BCUT2D eigenvalue weighted by Crippen LogP contribution is -2.39. The Labute approximate surface area is 153 Å². The molecule has 0 aliphatic carbocycles. The van der Waals surface area contributed by atoms with Gasteiger partial charge in [-0.3, -0.25) is 9.78 Å². The fourth-order valence-corrected chi connectivity index (χ4v) is 2.96. The number of hydrogen-bond donors (Lipinski definition) is 1. The zero-order valence-corrected chi connectivity index (χ0v) is 14.9. The third-order valence-electron chi connectivity index (χ3n) is 4.37. The number of pyridine rings is 1. The summed E-state index contributed by atoms with van der Waals surface area (Å²) >= 11 is 0. The van der Waals surface area contributed by atoms with Crippen LogP contribution < -0.4 is 5.32 Å². The van der Waals surface area contributed by atoms with Crippen LogP contribution >= 0.6 is 0 Å². The Morgan fingerprint density at radius 1 is 1.27 bits per heavy atom. The van der Waals surface area contributed by atoms with E-state index in [2.05, 4.69) is 10.3 Å². The molecule has 0 saturated carbocycles. The SMILES string of the molecule is CC(=O)c1ccc(NC(=O)N(Cc2cccnc2)C[C@@H]2CCCO2)cc1. The minimum atomic E-state index is -0.195. The van der Waals surface area contributed by atoms with Crippen molar-refractivity contribution in [3.05, 3.63) is 59.9 Å². The van der Waals surface area contributed by atoms with E-state index in [0.717, 1.165) is 25.0 Å². The van der Waals surface area contributed by atoms with E-state index in [1.807, 2.05) is 12.1 Å². The molecule has 2 heterocycles. The fraction of sp³-hybridized carbons (Fsp3) is 0.350. The summed E-state index contributed by atoms with van der Waals surface area (Å²) in [6, 6.07) is 10.5. The van der Waals surface area contributed by atoms with Crippen molar-refractivity contribution in [3.63, 3.8) is 0 Å². The lowest BCUT2D eigenvalue weighted by Gasteiger charge is -2.26. The van der Waals surface area contributed by atoms with Crippen molar-refractivity contribution in [1.29, 1.82) is 0 Å². The molecule has 6 heteroatoms. The van der Waals surface area contributed by atoms with Gasteiger partial charge in [0.25, 0.3) is 0 Å². The Bertz CT molecular complexity index is 741. The molecule has 1 aromatic heterocycles. The molecule has 0 unspecified atom stereocenters. The van der Waals surface area contributed by atoms with Crippen LogP contribution in [0.3, 0.4) is 0 Å². The highest BCUT2D eigenvalue weighted by Gasteiger charge is 2.23. The second-order valence-electron chi connectivity index (χ2n) is 6.44. The molecule has 1 saturated heterocycles. The molecule has 0 spiro atoms. The van der Waals surface area contributed by atoms with Crippen LogP contribution in [0.5, 0.6) is 0 Å². The molecule has 1 atom stereocenters. The van der Waals surface area contributed by atoms with Crippen LogP contribution in [0.15, 0.2) is 48.8 Å². The van der Waals surface area contributed by atoms with Gasteiger partial charge in [0, 0.05) is 43.3 Å². The summed E-state index contributed by atoms with van der Waals surface area (Å²) in [5, 5.41) is 2.90. The number of amides is 2. The minimum absolute atomic E-state index is 0.000497. The van der Waals surface area contributed by atoms with E-state index < -0.39 is 0 Å². The van der Waals surface area contributed by atoms with Gasteiger partial charge in [-0.25, -0.2) is 4.79 Å². The van der Waals surface area contributed by atoms with Gasteiger partial charge >= 0.3 is 6.03 Å². The van der Waals surface area contributed by atoms with Crippen LogP contribution in [0.2, 0.25) is 0 Å². The average molecular weight is 353 g/mol. The third kappa shape index (κ3) is 4.89. The number of carbonyl (C=O) groups is 2. The van der Waals surface area contributed by atoms with Crippen LogP contribution in [0.1, 0.15) is 35.7 Å². The van der Waals surface area contributed by atoms with Crippen molar-refractivity contribution < 1.29 is 14.3 Å². The van der Waals surface area contributed by atoms with Crippen molar-refractivity contribution in [2.24, 2.45) is 0 Å². The monoisotopic (exact) mass is 353 g/mol. The number of aromatic nitrogens is 1. The van der Waals surface area contributed by atoms with E-state index in [4.69, 9.17) is 4.74 Å². The van der Waals surface area contributed by atoms with E-state index in [0.29, 0.717) is 24.3 Å². The quantitative estimate of drug-likeness (QED) is 0.807. The topological polar surface area (TPSA) is 71.5 Å². The van der Waals surface area contributed by atoms with E-state index >= 15 is 0 Å². The second-order valence-corrected chi connectivity index (χ2v) is 6.44. The molecule has 0 bridgehead atoms. The average Bonchev–Trinajstić information content (AvgIpc) is 3.15. The van der Waals surface area contributed by atoms with Crippen LogP contribution in [0.25, 0.3) is 0 Å². The maximum Gasteiger partial charge on any atom is 0.322 e. The van der Waals surface area contributed by atoms with E-state index in [1.165, 1.54) is 6.92 Å². The molecule has 3 rings (SSSR count). The second kappa shape index (κ2) is 8.58. The number of carbonyl (C=O) groups excluding carboxylic acids is 2. The summed E-state index contributed by atoms with van der Waals surface area (Å²) in [5.74, 6) is -0.000497. The molecule has 2 aromatic rings. The third-order valence-corrected chi connectivity index (χ3v) is 4.37. The summed E-state index contributed by atoms with van der Waals surface area (Å²) in [5.41, 5.74) is 2.24. The van der Waals surface area contributed by atoms with Gasteiger partial charge in [0.15, 0.2) is 5.78 Å². The van der Waals surface area contributed by atoms with E-state index in [9.17, 15) is 9.59 Å². The molecule has 1 aliphatic heterocycles. The summed E-state index contributed by atoms with van der Waals surface area (Å²) in [4.78, 5) is 30.0. The lowest BCUT2D eigenvalue weighted by molar-refractivity contribution is 0.0819. The number of benzene rings is 1. The zero-order valence-electron chi connectivity index (χ0n) is 14.9. The van der Waals surface area contributed by atoms with Gasteiger partial charge < -0.3 is 15.0 Å². The maximum atomic E-state index is 12.8. The van der Waals surface area contributed by atoms with Crippen molar-refractivity contribution >= 4 is 17.5 Å². The van der Waals surface area contributed by atoms with Crippen molar-refractivity contribution in [1.82, 2.24) is 9.88 Å². The molecule has 6 nitrogen and oxygen atoms in total. The highest BCUT2D eigenvalue weighted by Crippen LogP contribution is 2.17. The molecule has 2 amide bonds. The predicted octanol–water partition coefficient (Wildman–Crippen LogP) is 3.50. The van der Waals surface area contributed by atoms with E-state index in [-0.39, 0.29) is 17.9 Å². The predicted molar refractivity (Wildman–Crippen MR) is 99.1 cm³/mol. The molecule has 1 aliphatic rings. The summed E-state index contributed by atoms with van der Waals surface area (Å²) in [6.45, 7) is 3.27. The number of rotatable bonds is 6. The lowest BCUT2D eigenvalue weighted by atomic mass is 10.1. The Morgan fingerprint density at radius 2 is 2.08 bits per heavy atom. The van der Waals surface area contributed by atoms with Crippen LogP contribution in [0.4, 0.5) is 10.5 Å². The van der Waals surface area contributed by atoms with Gasteiger partial charge in [-0.1, -0.05) is 6.07 Å². The maximum absolute atomic E-state index is 12.8. The number of hydrogen-bond acceptors (Lipinski definition) is 4. The number of ketones is 1. The normalized spacial score (nSPS) is 16.3. The first-order valence-electron chi connectivity index (χ1n) is 8.79. The van der Waals surface area contributed by atoms with Crippen LogP contribution in [-0.2, 0) is 11.3 Å². The summed E-state index contributed by atoms with van der Waals surface area (Å²) in [7, 11) is 0. The van der Waals surface area contributed by atoms with Gasteiger partial charge in [0.2, 0.25) is 0 Å². The van der Waals surface area contributed by atoms with E-state index in [1.54, 1.807) is 41.6 Å². The van der Waals surface area contributed by atoms with Crippen molar-refractivity contribution in [3.8, 4) is 0 Å². The number of Topliss-reactive ketones (excluding diaryl/α,β-unsaturated/α-hetero) is 1. The number of ether oxygens (including phenoxy) is 1. The minimum Gasteiger partial charge on any atom is -0.376 e. The fourth-order valence-electron chi connectivity index (χ4n) is 2.96. The Hall–Kier alpha value is -2.73. The van der Waals surface area contributed by atoms with Gasteiger partial charge in [-0.05, 0) is 55.7 Å². The first kappa shape index (κ1) is 18.1. The van der Waals surface area contributed by atoms with Crippen molar-refractivity contribution in [2.45, 2.75) is 32.4 Å². The molecular formula is C20H23N3O3. The standard InChI is InChI=1S/C20H23N3O3/c1-15(24)17-6-8-18(9-7-17)22-20(25)23(14-19-5-3-11-26-19)13-16-4-2-10-21-12-16/h2,4,6-10,12,19H,3,5,11,13-14H2,1H3,(H,22,25)/t19-/m0/s1. The largest absolute Gasteiger partial charge is 0.376 e. The first-order valence-corrected chi connectivity index (χ1v) is 8.79. The first-order chi connectivity index (χ1) is 12.6. The Kier molecular flexibility index (Phi) is 5.96. The molecular weight excluding hydrogens is 330 g/mol. The van der Waals surface area contributed by atoms with Crippen molar-refractivity contribution in [2.75, 3.05) is 18.5 Å². The van der Waals surface area contributed by atoms with Crippen LogP contribution in [0, 0.1) is 0 Å². The molecule has 1 fully saturated rings. The number of anilines is 1. The van der Waals surface area contributed by atoms with Gasteiger partial charge in [0.1, 0.15) is 0 Å². The smallest absolute Gasteiger partial charge is 0.322 e. The molecule has 136 valence electrons.